The minimum Gasteiger partial charge on any atom is -0.378 e. The van der Waals surface area contributed by atoms with E-state index in [2.05, 4.69) is 10.6 Å². The number of carbonyl (C=O) groups excluding carboxylic acids is 4. The highest BCUT2D eigenvalue weighted by Gasteiger charge is 2.41. The number of quaternary nitrogens is 1. The molecule has 4 fully saturated rings. The first-order chi connectivity index (χ1) is 17.4. The summed E-state index contributed by atoms with van der Waals surface area (Å²) >= 11 is 0. The summed E-state index contributed by atoms with van der Waals surface area (Å²) in [5.74, 6) is -0.582. The Hall–Kier alpha value is -2.40. The van der Waals surface area contributed by atoms with Gasteiger partial charge in [-0.1, -0.05) is 32.1 Å². The van der Waals surface area contributed by atoms with E-state index in [1.807, 2.05) is 0 Å². The van der Waals surface area contributed by atoms with Gasteiger partial charge in [-0.15, -0.1) is 0 Å². The highest BCUT2D eigenvalue weighted by Crippen LogP contribution is 2.27. The number of nitrogens with zero attached hydrogens (tertiary/aromatic N) is 3. The van der Waals surface area contributed by atoms with E-state index in [4.69, 9.17) is 10.5 Å². The van der Waals surface area contributed by atoms with Gasteiger partial charge in [0.2, 0.25) is 17.7 Å². The van der Waals surface area contributed by atoms with Crippen molar-refractivity contribution in [1.29, 1.82) is 0 Å². The van der Waals surface area contributed by atoms with Crippen LogP contribution in [0.15, 0.2) is 0 Å². The fourth-order valence-corrected chi connectivity index (χ4v) is 6.07. The molecule has 11 nitrogen and oxygen atoms in total. The lowest BCUT2D eigenvalue weighted by Gasteiger charge is -2.44. The molecule has 3 saturated heterocycles. The Morgan fingerprint density at radius 1 is 0.917 bits per heavy atom. The lowest BCUT2D eigenvalue weighted by Crippen LogP contribution is -2.86. The predicted octanol–water partition coefficient (Wildman–Crippen LogP) is -1.13. The van der Waals surface area contributed by atoms with Crippen molar-refractivity contribution in [2.24, 2.45) is 17.6 Å². The smallest absolute Gasteiger partial charge is 0.320 e. The van der Waals surface area contributed by atoms with Crippen LogP contribution in [0.5, 0.6) is 0 Å². The number of hydrogen-bond acceptors (Lipinski definition) is 5. The Bertz CT molecular complexity index is 792. The fourth-order valence-electron chi connectivity index (χ4n) is 6.07. The molecule has 0 bridgehead atoms. The number of morpholine rings is 1. The topological polar surface area (TPSA) is 142 Å². The Kier molecular flexibility index (Phi) is 9.41. The lowest BCUT2D eigenvalue weighted by atomic mass is 9.84. The monoisotopic (exact) mass is 507 g/mol. The van der Waals surface area contributed by atoms with Gasteiger partial charge in [0.15, 0.2) is 0 Å². The van der Waals surface area contributed by atoms with Crippen molar-refractivity contribution in [2.75, 3.05) is 59.0 Å². The maximum Gasteiger partial charge on any atom is 0.320 e. The highest BCUT2D eigenvalue weighted by atomic mass is 16.5. The number of piperidine rings is 1. The van der Waals surface area contributed by atoms with E-state index in [1.165, 1.54) is 6.42 Å². The number of carbonyl (C=O) groups is 4. The molecular weight excluding hydrogens is 464 g/mol. The van der Waals surface area contributed by atoms with E-state index in [9.17, 15) is 19.2 Å². The number of nitrogens with one attached hydrogen (secondary N) is 1. The first kappa shape index (κ1) is 26.7. The average molecular weight is 508 g/mol. The second-order valence-corrected chi connectivity index (χ2v) is 10.7. The summed E-state index contributed by atoms with van der Waals surface area (Å²) in [5.41, 5.74) is 5.69. The molecule has 0 aromatic carbocycles. The standard InChI is InChI=1S/C25H42N6O5/c26-22(32)20(16-18-4-2-1-3-5-18)28-23(33)21-17-30(24(34)19-6-8-27-9-7-19)10-11-31(21)25(35)29-12-14-36-15-13-29/h18-21,27H,1-17H2,(H2,26,32)(H,28,33)/p+1/t20-,21+/m0/s1. The third kappa shape index (κ3) is 6.67. The van der Waals surface area contributed by atoms with E-state index in [1.54, 1.807) is 14.7 Å². The molecule has 5 amide bonds. The van der Waals surface area contributed by atoms with E-state index < -0.39 is 23.9 Å². The van der Waals surface area contributed by atoms with Crippen molar-refractivity contribution >= 4 is 23.8 Å². The summed E-state index contributed by atoms with van der Waals surface area (Å²) in [4.78, 5) is 57.5. The molecule has 0 aromatic rings. The highest BCUT2D eigenvalue weighted by molar-refractivity contribution is 5.92. The largest absolute Gasteiger partial charge is 0.378 e. The molecule has 2 atom stereocenters. The van der Waals surface area contributed by atoms with Gasteiger partial charge < -0.3 is 35.8 Å². The molecule has 1 saturated carbocycles. The zero-order valence-electron chi connectivity index (χ0n) is 21.4. The number of primary amides is 1. The van der Waals surface area contributed by atoms with Gasteiger partial charge in [0, 0.05) is 44.9 Å². The predicted molar refractivity (Wildman–Crippen MR) is 132 cm³/mol. The van der Waals surface area contributed by atoms with Gasteiger partial charge >= 0.3 is 6.03 Å². The van der Waals surface area contributed by atoms with Crippen LogP contribution in [0.2, 0.25) is 0 Å². The van der Waals surface area contributed by atoms with Crippen LogP contribution in [0.25, 0.3) is 0 Å². The third-order valence-corrected chi connectivity index (χ3v) is 8.26. The zero-order valence-corrected chi connectivity index (χ0v) is 21.4. The SMILES string of the molecule is NC(=O)[C@H](CC1CCCCC1)NC(=O)[C@H]1CN(C(=O)C2CC[NH2+]CC2)CCN1C(=O)N1CCOCC1. The van der Waals surface area contributed by atoms with E-state index in [0.29, 0.717) is 45.2 Å². The molecule has 11 heteroatoms. The Labute approximate surface area is 213 Å². The van der Waals surface area contributed by atoms with Crippen molar-refractivity contribution in [3.63, 3.8) is 0 Å². The van der Waals surface area contributed by atoms with Crippen LogP contribution >= 0.6 is 0 Å². The Morgan fingerprint density at radius 3 is 2.28 bits per heavy atom. The molecule has 0 unspecified atom stereocenters. The molecule has 0 aromatic heterocycles. The number of hydrogen-bond donors (Lipinski definition) is 3. The number of piperazine rings is 1. The minimum absolute atomic E-state index is 0.0372. The van der Waals surface area contributed by atoms with Crippen LogP contribution in [0.4, 0.5) is 4.79 Å². The summed E-state index contributed by atoms with van der Waals surface area (Å²) in [6, 6.07) is -1.86. The normalized spacial score (nSPS) is 25.3. The summed E-state index contributed by atoms with van der Waals surface area (Å²) in [7, 11) is 0. The van der Waals surface area contributed by atoms with Gasteiger partial charge in [-0.3, -0.25) is 14.4 Å². The Balaban J connectivity index is 1.47. The third-order valence-electron chi connectivity index (χ3n) is 8.26. The van der Waals surface area contributed by atoms with Crippen molar-refractivity contribution in [1.82, 2.24) is 20.0 Å². The summed E-state index contributed by atoms with van der Waals surface area (Å²) < 4.78 is 5.38. The molecular formula is C25H43N6O5+. The number of amides is 5. The van der Waals surface area contributed by atoms with Gasteiger partial charge in [0.1, 0.15) is 12.1 Å². The fraction of sp³-hybridized carbons (Fsp3) is 0.840. The van der Waals surface area contributed by atoms with Crippen LogP contribution in [0.1, 0.15) is 51.4 Å². The second kappa shape index (κ2) is 12.7. The van der Waals surface area contributed by atoms with Crippen LogP contribution in [-0.4, -0.2) is 110 Å². The molecule has 0 radical (unpaired) electrons. The van der Waals surface area contributed by atoms with Gasteiger partial charge in [0.25, 0.3) is 0 Å². The van der Waals surface area contributed by atoms with Crippen molar-refractivity contribution in [2.45, 2.75) is 63.5 Å². The molecule has 3 aliphatic heterocycles. The quantitative estimate of drug-likeness (QED) is 0.417. The van der Waals surface area contributed by atoms with Crippen molar-refractivity contribution in [3.8, 4) is 0 Å². The Morgan fingerprint density at radius 2 is 1.61 bits per heavy atom. The molecule has 0 spiro atoms. The number of rotatable bonds is 6. The maximum atomic E-state index is 13.6. The number of nitrogens with two attached hydrogens (primary N) is 2. The average Bonchev–Trinajstić information content (AvgIpc) is 2.93. The molecule has 4 aliphatic rings. The molecule has 3 heterocycles. The van der Waals surface area contributed by atoms with E-state index >= 15 is 0 Å². The van der Waals surface area contributed by atoms with Gasteiger partial charge in [0.05, 0.1) is 32.8 Å². The van der Waals surface area contributed by atoms with E-state index in [-0.39, 0.29) is 30.9 Å². The summed E-state index contributed by atoms with van der Waals surface area (Å²) in [6.07, 6.45) is 7.70. The summed E-state index contributed by atoms with van der Waals surface area (Å²) in [5, 5.41) is 5.08. The molecule has 202 valence electrons. The first-order valence-corrected chi connectivity index (χ1v) is 13.8. The molecule has 4 rings (SSSR count). The lowest BCUT2D eigenvalue weighted by molar-refractivity contribution is -0.664. The van der Waals surface area contributed by atoms with Gasteiger partial charge in [-0.25, -0.2) is 4.79 Å². The van der Waals surface area contributed by atoms with Gasteiger partial charge in [-0.2, -0.15) is 0 Å². The molecule has 36 heavy (non-hydrogen) atoms. The first-order valence-electron chi connectivity index (χ1n) is 13.8. The maximum absolute atomic E-state index is 13.6. The summed E-state index contributed by atoms with van der Waals surface area (Å²) in [6.45, 7) is 4.54. The van der Waals surface area contributed by atoms with Crippen LogP contribution < -0.4 is 16.4 Å². The van der Waals surface area contributed by atoms with E-state index in [0.717, 1.165) is 51.6 Å². The van der Waals surface area contributed by atoms with Crippen LogP contribution in [0, 0.1) is 11.8 Å². The van der Waals surface area contributed by atoms with Crippen LogP contribution in [-0.2, 0) is 19.1 Å². The number of urea groups is 1. The zero-order chi connectivity index (χ0) is 25.5. The van der Waals surface area contributed by atoms with Gasteiger partial charge in [-0.05, 0) is 12.3 Å². The second-order valence-electron chi connectivity index (χ2n) is 10.7. The minimum atomic E-state index is -0.860. The molecule has 5 N–H and O–H groups in total. The number of ether oxygens (including phenoxy) is 1. The van der Waals surface area contributed by atoms with Crippen LogP contribution in [0.3, 0.4) is 0 Å². The van der Waals surface area contributed by atoms with Crippen molar-refractivity contribution in [3.05, 3.63) is 0 Å². The van der Waals surface area contributed by atoms with Crippen molar-refractivity contribution < 1.29 is 29.2 Å². The molecule has 1 aliphatic carbocycles.